The van der Waals surface area contributed by atoms with Gasteiger partial charge in [0, 0.05) is 5.56 Å². The molecule has 0 radical (unpaired) electrons. The van der Waals surface area contributed by atoms with Gasteiger partial charge in [-0.25, -0.2) is 9.79 Å². The molecule has 0 N–H and O–H groups in total. The Labute approximate surface area is 227 Å². The largest absolute Gasteiger partial charge is 0.497 e. The average Bonchev–Trinajstić information content (AvgIpc) is 3.56. The Morgan fingerprint density at radius 3 is 2.59 bits per heavy atom. The number of aromatic nitrogens is 1. The maximum atomic E-state index is 14.0. The maximum Gasteiger partial charge on any atom is 0.338 e. The van der Waals surface area contributed by atoms with Crippen molar-refractivity contribution in [1.29, 1.82) is 0 Å². The Bertz CT molecular complexity index is 1770. The van der Waals surface area contributed by atoms with Crippen LogP contribution in [-0.4, -0.2) is 31.0 Å². The number of hydrogen-bond donors (Lipinski definition) is 0. The molecule has 3 heterocycles. The second-order valence-corrected chi connectivity index (χ2v) is 9.83. The van der Waals surface area contributed by atoms with Crippen molar-refractivity contribution in [3.63, 3.8) is 0 Å². The number of carbonyl (C=O) groups is 1. The summed E-state index contributed by atoms with van der Waals surface area (Å²) in [5.41, 5.74) is 2.80. The third-order valence-electron chi connectivity index (χ3n) is 6.50. The molecular formula is C30H24N2O6S. The lowest BCUT2D eigenvalue weighted by atomic mass is 9.93. The van der Waals surface area contributed by atoms with Gasteiger partial charge in [-0.05, 0) is 48.4 Å². The number of ether oxygens (including phenoxy) is 4. The van der Waals surface area contributed by atoms with Crippen LogP contribution < -0.4 is 29.1 Å². The summed E-state index contributed by atoms with van der Waals surface area (Å²) in [5, 5.41) is 0. The fourth-order valence-corrected chi connectivity index (χ4v) is 5.70. The minimum atomic E-state index is -0.750. The molecule has 6 rings (SSSR count). The standard InChI is InChI=1S/C30H24N2O6S/c1-3-36-29(34)25-26(19-7-5-4-6-8-19)31-30-32(27(25)20-10-12-21(35-2)13-11-20)28(33)24(39-30)16-18-9-14-22-23(15-18)38-17-37-22/h4-16,27H,3,17H2,1-2H3/t27-/m1/s1. The first-order chi connectivity index (χ1) is 19.1. The second-order valence-electron chi connectivity index (χ2n) is 8.82. The van der Waals surface area contributed by atoms with Crippen LogP contribution in [0.2, 0.25) is 0 Å². The predicted octanol–water partition coefficient (Wildman–Crippen LogP) is 3.67. The Morgan fingerprint density at radius 2 is 1.85 bits per heavy atom. The van der Waals surface area contributed by atoms with Crippen LogP contribution in [-0.2, 0) is 9.53 Å². The van der Waals surface area contributed by atoms with Crippen molar-refractivity contribution in [2.45, 2.75) is 13.0 Å². The third-order valence-corrected chi connectivity index (χ3v) is 7.48. The van der Waals surface area contributed by atoms with Crippen LogP contribution in [0.1, 0.15) is 29.7 Å². The van der Waals surface area contributed by atoms with E-state index in [-0.39, 0.29) is 19.0 Å². The van der Waals surface area contributed by atoms with Gasteiger partial charge in [-0.3, -0.25) is 9.36 Å². The summed E-state index contributed by atoms with van der Waals surface area (Å²) >= 11 is 1.27. The summed E-state index contributed by atoms with van der Waals surface area (Å²) in [6, 6.07) is 21.6. The number of fused-ring (bicyclic) bond motifs is 2. The highest BCUT2D eigenvalue weighted by molar-refractivity contribution is 7.07. The average molecular weight is 541 g/mol. The van der Waals surface area contributed by atoms with E-state index in [0.717, 1.165) is 16.7 Å². The molecule has 0 amide bonds. The first-order valence-electron chi connectivity index (χ1n) is 12.4. The first kappa shape index (κ1) is 24.7. The summed E-state index contributed by atoms with van der Waals surface area (Å²) in [5.74, 6) is 1.44. The Balaban J connectivity index is 1.61. The minimum absolute atomic E-state index is 0.168. The highest BCUT2D eigenvalue weighted by Crippen LogP contribution is 2.36. The summed E-state index contributed by atoms with van der Waals surface area (Å²) in [7, 11) is 1.59. The topological polar surface area (TPSA) is 88.4 Å². The van der Waals surface area contributed by atoms with Crippen LogP contribution in [0, 0.1) is 0 Å². The fourth-order valence-electron chi connectivity index (χ4n) is 4.70. The number of nitrogens with zero attached hydrogens (tertiary/aromatic N) is 2. The van der Waals surface area contributed by atoms with Crippen LogP contribution >= 0.6 is 11.3 Å². The Hall–Kier alpha value is -4.63. The van der Waals surface area contributed by atoms with E-state index in [4.69, 9.17) is 23.9 Å². The molecule has 4 aromatic rings. The minimum Gasteiger partial charge on any atom is -0.497 e. The van der Waals surface area contributed by atoms with E-state index in [2.05, 4.69) is 0 Å². The lowest BCUT2D eigenvalue weighted by molar-refractivity contribution is -0.138. The molecule has 0 saturated carbocycles. The SMILES string of the molecule is CCOC(=O)C1=C(c2ccccc2)N=c2sc(=Cc3ccc4c(c3)OCO4)c(=O)n2[C@@H]1c1ccc(OC)cc1. The number of thiazole rings is 1. The zero-order valence-electron chi connectivity index (χ0n) is 21.2. The molecule has 2 aliphatic heterocycles. The zero-order chi connectivity index (χ0) is 26.9. The molecule has 3 aromatic carbocycles. The van der Waals surface area contributed by atoms with Gasteiger partial charge in [0.2, 0.25) is 6.79 Å². The van der Waals surface area contributed by atoms with Gasteiger partial charge in [-0.2, -0.15) is 0 Å². The van der Waals surface area contributed by atoms with Crippen molar-refractivity contribution < 1.29 is 23.7 Å². The smallest absolute Gasteiger partial charge is 0.338 e. The molecule has 9 heteroatoms. The number of carbonyl (C=O) groups excluding carboxylic acids is 1. The molecule has 2 aliphatic rings. The van der Waals surface area contributed by atoms with Gasteiger partial charge in [0.05, 0.1) is 35.6 Å². The summed E-state index contributed by atoms with van der Waals surface area (Å²) < 4.78 is 23.8. The summed E-state index contributed by atoms with van der Waals surface area (Å²) in [6.45, 7) is 2.11. The van der Waals surface area contributed by atoms with Gasteiger partial charge in [0.25, 0.3) is 5.56 Å². The quantitative estimate of drug-likeness (QED) is 0.347. The van der Waals surface area contributed by atoms with E-state index in [1.54, 1.807) is 24.7 Å². The lowest BCUT2D eigenvalue weighted by Gasteiger charge is -2.26. The zero-order valence-corrected chi connectivity index (χ0v) is 22.1. The lowest BCUT2D eigenvalue weighted by Crippen LogP contribution is -2.40. The van der Waals surface area contributed by atoms with E-state index in [9.17, 15) is 9.59 Å². The number of esters is 1. The van der Waals surface area contributed by atoms with Crippen molar-refractivity contribution >= 4 is 29.1 Å². The highest BCUT2D eigenvalue weighted by atomic mass is 32.1. The molecular weight excluding hydrogens is 516 g/mol. The van der Waals surface area contributed by atoms with Crippen LogP contribution in [0.4, 0.5) is 0 Å². The van der Waals surface area contributed by atoms with Crippen molar-refractivity contribution in [1.82, 2.24) is 4.57 Å². The van der Waals surface area contributed by atoms with Crippen LogP contribution in [0.3, 0.4) is 0 Å². The van der Waals surface area contributed by atoms with Crippen LogP contribution in [0.25, 0.3) is 11.8 Å². The molecule has 0 fully saturated rings. The van der Waals surface area contributed by atoms with Crippen LogP contribution in [0.15, 0.2) is 88.2 Å². The molecule has 0 saturated heterocycles. The normalized spacial score (nSPS) is 16.1. The van der Waals surface area contributed by atoms with Gasteiger partial charge in [-0.15, -0.1) is 0 Å². The molecule has 1 aromatic heterocycles. The van der Waals surface area contributed by atoms with E-state index in [0.29, 0.717) is 37.9 Å². The molecule has 0 bridgehead atoms. The van der Waals surface area contributed by atoms with E-state index >= 15 is 0 Å². The van der Waals surface area contributed by atoms with Crippen molar-refractivity contribution in [3.8, 4) is 17.2 Å². The highest BCUT2D eigenvalue weighted by Gasteiger charge is 2.35. The number of methoxy groups -OCH3 is 1. The molecule has 1 atom stereocenters. The molecule has 8 nitrogen and oxygen atoms in total. The summed E-state index contributed by atoms with van der Waals surface area (Å²) in [6.07, 6.45) is 1.80. The van der Waals surface area contributed by atoms with Gasteiger partial charge in [0.1, 0.15) is 5.75 Å². The molecule has 0 unspecified atom stereocenters. The van der Waals surface area contributed by atoms with Gasteiger partial charge in [-0.1, -0.05) is 59.9 Å². The summed E-state index contributed by atoms with van der Waals surface area (Å²) in [4.78, 5) is 32.8. The van der Waals surface area contributed by atoms with Crippen molar-refractivity contribution in [3.05, 3.63) is 115 Å². The van der Waals surface area contributed by atoms with Crippen molar-refractivity contribution in [2.75, 3.05) is 20.5 Å². The fraction of sp³-hybridized carbons (Fsp3) is 0.167. The van der Waals surface area contributed by atoms with Crippen molar-refractivity contribution in [2.24, 2.45) is 4.99 Å². The number of benzene rings is 3. The predicted molar refractivity (Wildman–Crippen MR) is 147 cm³/mol. The molecule has 0 spiro atoms. The Kier molecular flexibility index (Phi) is 6.50. The number of hydrogen-bond acceptors (Lipinski definition) is 8. The van der Waals surface area contributed by atoms with Crippen LogP contribution in [0.5, 0.6) is 17.2 Å². The van der Waals surface area contributed by atoms with E-state index < -0.39 is 12.0 Å². The number of rotatable bonds is 6. The molecule has 196 valence electrons. The van der Waals surface area contributed by atoms with E-state index in [1.165, 1.54) is 11.3 Å². The van der Waals surface area contributed by atoms with Gasteiger partial charge in [0.15, 0.2) is 16.3 Å². The monoisotopic (exact) mass is 540 g/mol. The molecule has 0 aliphatic carbocycles. The first-order valence-corrected chi connectivity index (χ1v) is 13.2. The van der Waals surface area contributed by atoms with Gasteiger partial charge >= 0.3 is 5.97 Å². The Morgan fingerprint density at radius 1 is 1.08 bits per heavy atom. The molecule has 39 heavy (non-hydrogen) atoms. The maximum absolute atomic E-state index is 14.0. The van der Waals surface area contributed by atoms with E-state index in [1.807, 2.05) is 72.8 Å². The van der Waals surface area contributed by atoms with Gasteiger partial charge < -0.3 is 18.9 Å². The second kappa shape index (κ2) is 10.3. The third kappa shape index (κ3) is 4.51.